The van der Waals surface area contributed by atoms with Crippen molar-refractivity contribution in [2.24, 2.45) is 0 Å². The SMILES string of the molecule is Cc1ccc(Cl)c(NC(=O)COC(=O)c2c(C)noc2C(C)C)c1Cl. The normalized spacial score (nSPS) is 10.8. The zero-order valence-corrected chi connectivity index (χ0v) is 15.8. The second-order valence-electron chi connectivity index (χ2n) is 5.84. The van der Waals surface area contributed by atoms with E-state index in [0.717, 1.165) is 5.56 Å². The predicted molar refractivity (Wildman–Crippen MR) is 95.4 cm³/mol. The highest BCUT2D eigenvalue weighted by Crippen LogP contribution is 2.32. The zero-order chi connectivity index (χ0) is 18.7. The van der Waals surface area contributed by atoms with E-state index in [1.54, 1.807) is 26.0 Å². The standard InChI is InChI=1S/C17H18Cl2N2O4/c1-8(2)16-13(10(4)21-25-16)17(23)24-7-12(22)20-15-11(18)6-5-9(3)14(15)19/h5-6,8H,7H2,1-4H3,(H,20,22). The summed E-state index contributed by atoms with van der Waals surface area (Å²) in [6, 6.07) is 3.36. The van der Waals surface area contributed by atoms with Gasteiger partial charge in [-0.25, -0.2) is 4.79 Å². The molecule has 0 saturated carbocycles. The molecule has 1 aromatic heterocycles. The van der Waals surface area contributed by atoms with Crippen LogP contribution in [0.4, 0.5) is 5.69 Å². The molecule has 0 unspecified atom stereocenters. The summed E-state index contributed by atoms with van der Waals surface area (Å²) in [6.07, 6.45) is 0. The molecule has 1 aromatic carbocycles. The van der Waals surface area contributed by atoms with E-state index in [-0.39, 0.29) is 17.2 Å². The van der Waals surface area contributed by atoms with Crippen molar-refractivity contribution in [1.29, 1.82) is 0 Å². The first-order valence-corrected chi connectivity index (χ1v) is 8.35. The van der Waals surface area contributed by atoms with Gasteiger partial charge in [0.05, 0.1) is 21.4 Å². The van der Waals surface area contributed by atoms with E-state index in [2.05, 4.69) is 10.5 Å². The molecule has 8 heteroatoms. The van der Waals surface area contributed by atoms with Gasteiger partial charge in [0, 0.05) is 5.92 Å². The maximum atomic E-state index is 12.2. The number of hydrogen-bond acceptors (Lipinski definition) is 5. The van der Waals surface area contributed by atoms with Crippen LogP contribution in [-0.2, 0) is 9.53 Å². The summed E-state index contributed by atoms with van der Waals surface area (Å²) in [5, 5.41) is 6.96. The minimum Gasteiger partial charge on any atom is -0.452 e. The molecular weight excluding hydrogens is 367 g/mol. The molecule has 1 heterocycles. The van der Waals surface area contributed by atoms with E-state index in [0.29, 0.717) is 21.5 Å². The number of carbonyl (C=O) groups excluding carboxylic acids is 2. The number of aryl methyl sites for hydroxylation is 2. The highest BCUT2D eigenvalue weighted by molar-refractivity contribution is 6.40. The second-order valence-corrected chi connectivity index (χ2v) is 6.62. The Labute approximate surface area is 155 Å². The number of aromatic nitrogens is 1. The second kappa shape index (κ2) is 7.89. The Morgan fingerprint density at radius 2 is 1.96 bits per heavy atom. The summed E-state index contributed by atoms with van der Waals surface area (Å²) in [4.78, 5) is 24.3. The van der Waals surface area contributed by atoms with Gasteiger partial charge in [-0.05, 0) is 25.5 Å². The van der Waals surface area contributed by atoms with Crippen LogP contribution in [0.15, 0.2) is 16.7 Å². The van der Waals surface area contributed by atoms with Crippen molar-refractivity contribution in [2.75, 3.05) is 11.9 Å². The summed E-state index contributed by atoms with van der Waals surface area (Å²) in [5.74, 6) is -0.836. The maximum Gasteiger partial charge on any atom is 0.344 e. The van der Waals surface area contributed by atoms with Crippen LogP contribution in [0.5, 0.6) is 0 Å². The highest BCUT2D eigenvalue weighted by atomic mass is 35.5. The van der Waals surface area contributed by atoms with Gasteiger partial charge in [-0.3, -0.25) is 4.79 Å². The largest absolute Gasteiger partial charge is 0.452 e. The molecule has 1 amide bonds. The monoisotopic (exact) mass is 384 g/mol. The van der Waals surface area contributed by atoms with Crippen molar-refractivity contribution in [3.8, 4) is 0 Å². The average molecular weight is 385 g/mol. The molecule has 2 rings (SSSR count). The molecule has 0 radical (unpaired) electrons. The lowest BCUT2D eigenvalue weighted by Gasteiger charge is -2.11. The van der Waals surface area contributed by atoms with Gasteiger partial charge in [0.1, 0.15) is 5.56 Å². The van der Waals surface area contributed by atoms with Gasteiger partial charge < -0.3 is 14.6 Å². The molecule has 6 nitrogen and oxygen atoms in total. The van der Waals surface area contributed by atoms with Gasteiger partial charge in [0.2, 0.25) is 0 Å². The predicted octanol–water partition coefficient (Wildman–Crippen LogP) is 4.52. The third kappa shape index (κ3) is 4.32. The lowest BCUT2D eigenvalue weighted by Crippen LogP contribution is -2.22. The van der Waals surface area contributed by atoms with Crippen molar-refractivity contribution in [2.45, 2.75) is 33.6 Å². The van der Waals surface area contributed by atoms with Gasteiger partial charge in [-0.2, -0.15) is 0 Å². The van der Waals surface area contributed by atoms with Gasteiger partial charge in [0.15, 0.2) is 12.4 Å². The molecule has 0 aliphatic carbocycles. The van der Waals surface area contributed by atoms with Crippen molar-refractivity contribution < 1.29 is 18.8 Å². The Morgan fingerprint density at radius 1 is 1.28 bits per heavy atom. The number of anilines is 1. The van der Waals surface area contributed by atoms with Gasteiger partial charge in [-0.15, -0.1) is 0 Å². The van der Waals surface area contributed by atoms with Gasteiger partial charge in [0.25, 0.3) is 5.91 Å². The van der Waals surface area contributed by atoms with Crippen LogP contribution in [0, 0.1) is 13.8 Å². The number of amides is 1. The number of nitrogens with zero attached hydrogens (tertiary/aromatic N) is 1. The Kier molecular flexibility index (Phi) is 6.08. The van der Waals surface area contributed by atoms with Crippen LogP contribution in [0.1, 0.15) is 47.1 Å². The number of carbonyl (C=O) groups is 2. The van der Waals surface area contributed by atoms with Crippen molar-refractivity contribution in [3.63, 3.8) is 0 Å². The molecule has 0 aliphatic rings. The molecular formula is C17H18Cl2N2O4. The number of nitrogens with one attached hydrogen (secondary N) is 1. The Bertz CT molecular complexity index is 815. The van der Waals surface area contributed by atoms with Crippen molar-refractivity contribution in [3.05, 3.63) is 44.8 Å². The first-order valence-electron chi connectivity index (χ1n) is 7.60. The molecule has 0 saturated heterocycles. The van der Waals surface area contributed by atoms with Gasteiger partial charge >= 0.3 is 5.97 Å². The molecule has 2 aromatic rings. The van der Waals surface area contributed by atoms with E-state index in [9.17, 15) is 9.59 Å². The molecule has 134 valence electrons. The molecule has 0 aliphatic heterocycles. The minimum absolute atomic E-state index is 0.0394. The summed E-state index contributed by atoms with van der Waals surface area (Å²) in [6.45, 7) is 6.67. The maximum absolute atomic E-state index is 12.2. The van der Waals surface area contributed by atoms with E-state index in [1.165, 1.54) is 0 Å². The van der Waals surface area contributed by atoms with Crippen LogP contribution in [-0.4, -0.2) is 23.6 Å². The Hall–Kier alpha value is -2.05. The number of ether oxygens (including phenoxy) is 1. The van der Waals surface area contributed by atoms with Gasteiger partial charge in [-0.1, -0.05) is 48.3 Å². The van der Waals surface area contributed by atoms with E-state index < -0.39 is 18.5 Å². The first kappa shape index (κ1) is 19.3. The number of esters is 1. The van der Waals surface area contributed by atoms with Crippen molar-refractivity contribution in [1.82, 2.24) is 5.16 Å². The molecule has 0 bridgehead atoms. The van der Waals surface area contributed by atoms with Crippen LogP contribution in [0.3, 0.4) is 0 Å². The van der Waals surface area contributed by atoms with Crippen LogP contribution in [0.25, 0.3) is 0 Å². The molecule has 0 spiro atoms. The summed E-state index contributed by atoms with van der Waals surface area (Å²) in [7, 11) is 0. The third-order valence-corrected chi connectivity index (χ3v) is 4.30. The molecule has 0 fully saturated rings. The van der Waals surface area contributed by atoms with E-state index in [1.807, 2.05) is 13.8 Å². The van der Waals surface area contributed by atoms with Crippen LogP contribution in [0.2, 0.25) is 10.0 Å². The first-order chi connectivity index (χ1) is 11.7. The van der Waals surface area contributed by atoms with E-state index in [4.69, 9.17) is 32.5 Å². The number of rotatable bonds is 5. The number of halogens is 2. The Balaban J connectivity index is 2.05. The third-order valence-electron chi connectivity index (χ3n) is 3.50. The minimum atomic E-state index is -0.668. The van der Waals surface area contributed by atoms with E-state index >= 15 is 0 Å². The quantitative estimate of drug-likeness (QED) is 0.766. The summed E-state index contributed by atoms with van der Waals surface area (Å²) < 4.78 is 10.2. The molecule has 0 atom stereocenters. The highest BCUT2D eigenvalue weighted by Gasteiger charge is 2.24. The summed E-state index contributed by atoms with van der Waals surface area (Å²) in [5.41, 5.74) is 1.71. The zero-order valence-electron chi connectivity index (χ0n) is 14.3. The number of hydrogen-bond donors (Lipinski definition) is 1. The fourth-order valence-corrected chi connectivity index (χ4v) is 2.64. The van der Waals surface area contributed by atoms with Crippen molar-refractivity contribution >= 4 is 40.8 Å². The smallest absolute Gasteiger partial charge is 0.344 e. The Morgan fingerprint density at radius 3 is 2.60 bits per heavy atom. The fourth-order valence-electron chi connectivity index (χ4n) is 2.18. The fraction of sp³-hybridized carbons (Fsp3) is 0.353. The lowest BCUT2D eigenvalue weighted by atomic mass is 10.1. The topological polar surface area (TPSA) is 81.4 Å². The van der Waals surface area contributed by atoms with Crippen LogP contribution < -0.4 is 5.32 Å². The summed E-state index contributed by atoms with van der Waals surface area (Å²) >= 11 is 12.2. The number of benzene rings is 1. The lowest BCUT2D eigenvalue weighted by molar-refractivity contribution is -0.119. The van der Waals surface area contributed by atoms with Crippen LogP contribution >= 0.6 is 23.2 Å². The molecule has 1 N–H and O–H groups in total. The molecule has 25 heavy (non-hydrogen) atoms. The average Bonchev–Trinajstić information content (AvgIpc) is 2.95.